The molecule has 2 aliphatic heterocycles. The van der Waals surface area contributed by atoms with Crippen LogP contribution in [0.4, 0.5) is 0 Å². The highest BCUT2D eigenvalue weighted by Crippen LogP contribution is 2.32. The molecule has 0 amide bonds. The molecular weight excluding hydrogens is 368 g/mol. The number of benzene rings is 1. The van der Waals surface area contributed by atoms with E-state index in [4.69, 9.17) is 14.5 Å². The molecule has 8 heteroatoms. The van der Waals surface area contributed by atoms with Crippen LogP contribution < -0.4 is 10.1 Å². The fourth-order valence-electron chi connectivity index (χ4n) is 4.02. The normalized spacial score (nSPS) is 21.8. The molecule has 8 nitrogen and oxygen atoms in total. The van der Waals surface area contributed by atoms with Crippen molar-refractivity contribution >= 4 is 5.96 Å². The second-order valence-electron chi connectivity index (χ2n) is 7.79. The molecule has 0 spiro atoms. The Balaban J connectivity index is 1.55. The van der Waals surface area contributed by atoms with E-state index >= 15 is 0 Å². The highest BCUT2D eigenvalue weighted by atomic mass is 16.5. The summed E-state index contributed by atoms with van der Waals surface area (Å²) in [4.78, 5) is 7.28. The summed E-state index contributed by atoms with van der Waals surface area (Å²) < 4.78 is 13.2. The SMILES string of the molecule is COCC1CCN(C(=NCc2nnc(C)n2C)NC2CCOc3ccccc32)C1. The maximum Gasteiger partial charge on any atom is 0.194 e. The molecule has 4 rings (SSSR count). The molecule has 1 saturated heterocycles. The number of fused-ring (bicyclic) bond motifs is 1. The molecule has 1 fully saturated rings. The van der Waals surface area contributed by atoms with Crippen molar-refractivity contribution in [2.24, 2.45) is 18.0 Å². The van der Waals surface area contributed by atoms with Gasteiger partial charge in [-0.2, -0.15) is 0 Å². The minimum Gasteiger partial charge on any atom is -0.493 e. The molecule has 1 N–H and O–H groups in total. The fourth-order valence-corrected chi connectivity index (χ4v) is 4.02. The van der Waals surface area contributed by atoms with E-state index in [2.05, 4.69) is 32.5 Å². The van der Waals surface area contributed by atoms with Crippen molar-refractivity contribution in [3.63, 3.8) is 0 Å². The van der Waals surface area contributed by atoms with Gasteiger partial charge in [-0.05, 0) is 19.4 Å². The molecule has 0 saturated carbocycles. The number of rotatable bonds is 5. The van der Waals surface area contributed by atoms with E-state index in [9.17, 15) is 0 Å². The summed E-state index contributed by atoms with van der Waals surface area (Å²) in [5.41, 5.74) is 1.19. The zero-order valence-electron chi connectivity index (χ0n) is 17.5. The first-order valence-corrected chi connectivity index (χ1v) is 10.3. The smallest absolute Gasteiger partial charge is 0.194 e. The van der Waals surface area contributed by atoms with Crippen LogP contribution in [0.3, 0.4) is 0 Å². The number of methoxy groups -OCH3 is 1. The summed E-state index contributed by atoms with van der Waals surface area (Å²) in [6.45, 7) is 5.86. The summed E-state index contributed by atoms with van der Waals surface area (Å²) in [7, 11) is 3.75. The van der Waals surface area contributed by atoms with E-state index in [-0.39, 0.29) is 6.04 Å². The molecule has 2 unspecified atom stereocenters. The monoisotopic (exact) mass is 398 g/mol. The number of guanidine groups is 1. The number of aryl methyl sites for hydroxylation is 1. The van der Waals surface area contributed by atoms with Crippen molar-refractivity contribution in [1.29, 1.82) is 0 Å². The van der Waals surface area contributed by atoms with Crippen LogP contribution in [0, 0.1) is 12.8 Å². The Kier molecular flexibility index (Phi) is 5.99. The van der Waals surface area contributed by atoms with Gasteiger partial charge in [0.2, 0.25) is 0 Å². The molecule has 0 aliphatic carbocycles. The molecule has 0 radical (unpaired) electrons. The largest absolute Gasteiger partial charge is 0.493 e. The lowest BCUT2D eigenvalue weighted by Gasteiger charge is -2.31. The molecule has 1 aromatic heterocycles. The Morgan fingerprint density at radius 1 is 1.31 bits per heavy atom. The van der Waals surface area contributed by atoms with Crippen LogP contribution in [0.5, 0.6) is 5.75 Å². The number of aromatic nitrogens is 3. The number of likely N-dealkylation sites (tertiary alicyclic amines) is 1. The van der Waals surface area contributed by atoms with Crippen LogP contribution in [-0.2, 0) is 18.3 Å². The van der Waals surface area contributed by atoms with E-state index in [1.54, 1.807) is 7.11 Å². The molecule has 1 aromatic carbocycles. The van der Waals surface area contributed by atoms with Crippen LogP contribution in [0.1, 0.15) is 36.1 Å². The number of para-hydroxylation sites is 1. The zero-order valence-corrected chi connectivity index (χ0v) is 17.5. The van der Waals surface area contributed by atoms with Crippen molar-refractivity contribution in [2.75, 3.05) is 33.4 Å². The van der Waals surface area contributed by atoms with E-state index in [0.29, 0.717) is 19.1 Å². The van der Waals surface area contributed by atoms with Crippen molar-refractivity contribution in [3.8, 4) is 5.75 Å². The van der Waals surface area contributed by atoms with Gasteiger partial charge in [0.15, 0.2) is 11.8 Å². The van der Waals surface area contributed by atoms with E-state index in [1.165, 1.54) is 5.56 Å². The molecule has 29 heavy (non-hydrogen) atoms. The number of aliphatic imine (C=N–C) groups is 1. The van der Waals surface area contributed by atoms with Crippen molar-refractivity contribution in [2.45, 2.75) is 32.4 Å². The lowest BCUT2D eigenvalue weighted by molar-refractivity contribution is 0.157. The van der Waals surface area contributed by atoms with Gasteiger partial charge in [0.25, 0.3) is 0 Å². The molecule has 3 heterocycles. The van der Waals surface area contributed by atoms with Crippen LogP contribution in [-0.4, -0.2) is 59.0 Å². The fraction of sp³-hybridized carbons (Fsp3) is 0.571. The van der Waals surface area contributed by atoms with E-state index in [0.717, 1.165) is 55.9 Å². The first-order valence-electron chi connectivity index (χ1n) is 10.3. The predicted molar refractivity (Wildman–Crippen MR) is 111 cm³/mol. The highest BCUT2D eigenvalue weighted by molar-refractivity contribution is 5.81. The van der Waals surface area contributed by atoms with Crippen molar-refractivity contribution in [3.05, 3.63) is 41.5 Å². The summed E-state index contributed by atoms with van der Waals surface area (Å²) in [6.07, 6.45) is 2.02. The highest BCUT2D eigenvalue weighted by Gasteiger charge is 2.28. The van der Waals surface area contributed by atoms with Crippen LogP contribution >= 0.6 is 0 Å². The van der Waals surface area contributed by atoms with E-state index in [1.807, 2.05) is 30.7 Å². The van der Waals surface area contributed by atoms with Crippen LogP contribution in [0.15, 0.2) is 29.3 Å². The zero-order chi connectivity index (χ0) is 20.2. The maximum absolute atomic E-state index is 5.83. The number of nitrogens with zero attached hydrogens (tertiary/aromatic N) is 5. The minimum atomic E-state index is 0.182. The van der Waals surface area contributed by atoms with Gasteiger partial charge in [0.1, 0.15) is 18.1 Å². The van der Waals surface area contributed by atoms with Gasteiger partial charge in [-0.15, -0.1) is 10.2 Å². The molecule has 2 aliphatic rings. The second-order valence-corrected chi connectivity index (χ2v) is 7.79. The van der Waals surface area contributed by atoms with Crippen LogP contribution in [0.25, 0.3) is 0 Å². The molecule has 2 aromatic rings. The van der Waals surface area contributed by atoms with Gasteiger partial charge in [-0.25, -0.2) is 4.99 Å². The van der Waals surface area contributed by atoms with Crippen LogP contribution in [0.2, 0.25) is 0 Å². The average molecular weight is 399 g/mol. The molecule has 0 bridgehead atoms. The maximum atomic E-state index is 5.83. The van der Waals surface area contributed by atoms with Gasteiger partial charge in [0, 0.05) is 45.1 Å². The quantitative estimate of drug-likeness (QED) is 0.614. The Bertz CT molecular complexity index is 865. The first-order chi connectivity index (χ1) is 14.2. The third-order valence-electron chi connectivity index (χ3n) is 5.80. The van der Waals surface area contributed by atoms with Gasteiger partial charge >= 0.3 is 0 Å². The Labute approximate surface area is 171 Å². The molecular formula is C21H30N6O2. The lowest BCUT2D eigenvalue weighted by Crippen LogP contribution is -2.43. The van der Waals surface area contributed by atoms with E-state index < -0.39 is 0 Å². The third-order valence-corrected chi connectivity index (χ3v) is 5.80. The minimum absolute atomic E-state index is 0.182. The summed E-state index contributed by atoms with van der Waals surface area (Å²) >= 11 is 0. The molecule has 156 valence electrons. The number of hydrogen-bond acceptors (Lipinski definition) is 5. The number of hydrogen-bond donors (Lipinski definition) is 1. The Morgan fingerprint density at radius 2 is 2.17 bits per heavy atom. The van der Waals surface area contributed by atoms with Crippen molar-refractivity contribution in [1.82, 2.24) is 25.0 Å². The van der Waals surface area contributed by atoms with Gasteiger partial charge in [-0.1, -0.05) is 18.2 Å². The summed E-state index contributed by atoms with van der Waals surface area (Å²) in [5, 5.41) is 12.1. The van der Waals surface area contributed by atoms with Gasteiger partial charge in [0.05, 0.1) is 19.3 Å². The van der Waals surface area contributed by atoms with Gasteiger partial charge in [-0.3, -0.25) is 0 Å². The summed E-state index contributed by atoms with van der Waals surface area (Å²) in [6, 6.07) is 8.43. The standard InChI is InChI=1S/C21H30N6O2/c1-15-24-25-20(26(15)2)12-22-21(27-10-8-16(13-27)14-28-3)23-18-9-11-29-19-7-5-4-6-17(18)19/h4-7,16,18H,8-14H2,1-3H3,(H,22,23). The average Bonchev–Trinajstić information content (AvgIpc) is 3.33. The lowest BCUT2D eigenvalue weighted by atomic mass is 10.0. The predicted octanol–water partition coefficient (Wildman–Crippen LogP) is 2.06. The van der Waals surface area contributed by atoms with Gasteiger partial charge < -0.3 is 24.3 Å². The second kappa shape index (κ2) is 8.82. The number of nitrogens with one attached hydrogen (secondary N) is 1. The van der Waals surface area contributed by atoms with Crippen molar-refractivity contribution < 1.29 is 9.47 Å². The first kappa shape index (κ1) is 19.7. The Hall–Kier alpha value is -2.61. The summed E-state index contributed by atoms with van der Waals surface area (Å²) in [5.74, 6) is 4.17. The molecule has 2 atom stereocenters. The third kappa shape index (κ3) is 4.37. The topological polar surface area (TPSA) is 76.8 Å². The Morgan fingerprint density at radius 3 is 2.97 bits per heavy atom. The number of ether oxygens (including phenoxy) is 2.